The lowest BCUT2D eigenvalue weighted by atomic mass is 10.1. The van der Waals surface area contributed by atoms with Gasteiger partial charge < -0.3 is 4.74 Å². The number of carbonyl (C=O) groups excluding carboxylic acids is 1. The Bertz CT molecular complexity index is 352. The van der Waals surface area contributed by atoms with Crippen LogP contribution in [0.2, 0.25) is 5.02 Å². The lowest BCUT2D eigenvalue weighted by molar-refractivity contribution is -0.122. The van der Waals surface area contributed by atoms with Crippen molar-refractivity contribution in [2.45, 2.75) is 12.8 Å². The number of methoxy groups -OCH3 is 1. The van der Waals surface area contributed by atoms with Gasteiger partial charge in [-0.05, 0) is 18.1 Å². The summed E-state index contributed by atoms with van der Waals surface area (Å²) in [6.07, 6.45) is 0.625. The van der Waals surface area contributed by atoms with E-state index in [0.717, 1.165) is 0 Å². The smallest absolute Gasteiger partial charge is 0.158 e. The van der Waals surface area contributed by atoms with Gasteiger partial charge in [-0.15, -0.1) is 0 Å². The Morgan fingerprint density at radius 3 is 2.93 bits per heavy atom. The predicted octanol–water partition coefficient (Wildman–Crippen LogP) is 2.63. The number of carbonyl (C=O) groups is 1. The summed E-state index contributed by atoms with van der Waals surface area (Å²) in [5.41, 5.74) is 0.465. The summed E-state index contributed by atoms with van der Waals surface area (Å²) in [4.78, 5) is 11.1. The molecule has 0 unspecified atom stereocenters. The first-order chi connectivity index (χ1) is 7.15. The molecule has 0 heterocycles. The molecule has 0 bridgehead atoms. The number of aryl methyl sites for hydroxylation is 1. The third kappa shape index (κ3) is 3.61. The minimum atomic E-state index is -0.440. The summed E-state index contributed by atoms with van der Waals surface area (Å²) in [6.45, 7) is 0.0716. The molecule has 1 aromatic carbocycles. The van der Waals surface area contributed by atoms with E-state index >= 15 is 0 Å². The van der Waals surface area contributed by atoms with Gasteiger partial charge in [0, 0.05) is 13.5 Å². The second-order valence-electron chi connectivity index (χ2n) is 3.18. The molecule has 0 aliphatic heterocycles. The first-order valence-corrected chi connectivity index (χ1v) is 4.96. The Balaban J connectivity index is 2.58. The van der Waals surface area contributed by atoms with E-state index in [0.29, 0.717) is 12.0 Å². The van der Waals surface area contributed by atoms with E-state index in [2.05, 4.69) is 4.74 Å². The quantitative estimate of drug-likeness (QED) is 0.777. The Kier molecular flexibility index (Phi) is 4.72. The lowest BCUT2D eigenvalue weighted by Gasteiger charge is -2.03. The van der Waals surface area contributed by atoms with Crippen LogP contribution in [0.25, 0.3) is 0 Å². The van der Waals surface area contributed by atoms with Gasteiger partial charge in [0.25, 0.3) is 0 Å². The molecule has 0 amide bonds. The SMILES string of the molecule is COCC(=O)CCc1cccc(Cl)c1F. The summed E-state index contributed by atoms with van der Waals surface area (Å²) in [5.74, 6) is -0.485. The van der Waals surface area contributed by atoms with Crippen molar-refractivity contribution in [3.05, 3.63) is 34.6 Å². The monoisotopic (exact) mass is 230 g/mol. The highest BCUT2D eigenvalue weighted by molar-refractivity contribution is 6.30. The molecule has 0 aliphatic rings. The number of ketones is 1. The minimum Gasteiger partial charge on any atom is -0.377 e. The zero-order valence-electron chi connectivity index (χ0n) is 8.43. The fourth-order valence-electron chi connectivity index (χ4n) is 1.25. The maximum Gasteiger partial charge on any atom is 0.158 e. The van der Waals surface area contributed by atoms with Crippen molar-refractivity contribution < 1.29 is 13.9 Å². The minimum absolute atomic E-state index is 0.0446. The lowest BCUT2D eigenvalue weighted by Crippen LogP contribution is -2.08. The molecule has 0 saturated heterocycles. The van der Waals surface area contributed by atoms with Crippen LogP contribution in [0.5, 0.6) is 0 Å². The van der Waals surface area contributed by atoms with Crippen LogP contribution >= 0.6 is 11.6 Å². The Labute approximate surface area is 93.0 Å². The molecule has 0 atom stereocenters. The summed E-state index contributed by atoms with van der Waals surface area (Å²) < 4.78 is 18.0. The summed E-state index contributed by atoms with van der Waals surface area (Å²) >= 11 is 5.61. The van der Waals surface area contributed by atoms with Crippen molar-refractivity contribution in [2.24, 2.45) is 0 Å². The van der Waals surface area contributed by atoms with Crippen LogP contribution in [0.4, 0.5) is 4.39 Å². The Morgan fingerprint density at radius 1 is 1.53 bits per heavy atom. The Morgan fingerprint density at radius 2 is 2.27 bits per heavy atom. The van der Waals surface area contributed by atoms with Crippen LogP contribution in [-0.4, -0.2) is 19.5 Å². The molecular weight excluding hydrogens is 219 g/mol. The van der Waals surface area contributed by atoms with Crippen molar-refractivity contribution >= 4 is 17.4 Å². The van der Waals surface area contributed by atoms with Gasteiger partial charge >= 0.3 is 0 Å². The van der Waals surface area contributed by atoms with Crippen molar-refractivity contribution in [3.8, 4) is 0 Å². The number of ether oxygens (including phenoxy) is 1. The van der Waals surface area contributed by atoms with Crippen molar-refractivity contribution in [3.63, 3.8) is 0 Å². The van der Waals surface area contributed by atoms with Gasteiger partial charge in [-0.3, -0.25) is 4.79 Å². The summed E-state index contributed by atoms with van der Waals surface area (Å²) in [7, 11) is 1.46. The van der Waals surface area contributed by atoms with Gasteiger partial charge in [-0.25, -0.2) is 4.39 Å². The Hall–Kier alpha value is -0.930. The van der Waals surface area contributed by atoms with Gasteiger partial charge in [0.1, 0.15) is 12.4 Å². The van der Waals surface area contributed by atoms with Gasteiger partial charge in [0.15, 0.2) is 5.78 Å². The van der Waals surface area contributed by atoms with Crippen LogP contribution in [-0.2, 0) is 16.0 Å². The van der Waals surface area contributed by atoms with Crippen molar-refractivity contribution in [1.29, 1.82) is 0 Å². The van der Waals surface area contributed by atoms with Crippen LogP contribution in [0.15, 0.2) is 18.2 Å². The van der Waals surface area contributed by atoms with Gasteiger partial charge in [-0.2, -0.15) is 0 Å². The second-order valence-corrected chi connectivity index (χ2v) is 3.59. The normalized spacial score (nSPS) is 10.3. The van der Waals surface area contributed by atoms with E-state index in [4.69, 9.17) is 11.6 Å². The number of rotatable bonds is 5. The average molecular weight is 231 g/mol. The van der Waals surface area contributed by atoms with Gasteiger partial charge in [0.05, 0.1) is 5.02 Å². The van der Waals surface area contributed by atoms with E-state index in [1.54, 1.807) is 12.1 Å². The first-order valence-electron chi connectivity index (χ1n) is 4.58. The van der Waals surface area contributed by atoms with Crippen LogP contribution in [0.3, 0.4) is 0 Å². The molecule has 82 valence electrons. The fraction of sp³-hybridized carbons (Fsp3) is 0.364. The molecule has 15 heavy (non-hydrogen) atoms. The summed E-state index contributed by atoms with van der Waals surface area (Å²) in [5, 5.41) is 0.0895. The molecule has 2 nitrogen and oxygen atoms in total. The molecule has 0 saturated carbocycles. The van der Waals surface area contributed by atoms with Crippen LogP contribution < -0.4 is 0 Å². The zero-order chi connectivity index (χ0) is 11.3. The number of benzene rings is 1. The van der Waals surface area contributed by atoms with E-state index in [-0.39, 0.29) is 23.8 Å². The van der Waals surface area contributed by atoms with Gasteiger partial charge in [0.2, 0.25) is 0 Å². The topological polar surface area (TPSA) is 26.3 Å². The average Bonchev–Trinajstić information content (AvgIpc) is 2.21. The molecule has 0 fully saturated rings. The van der Waals surface area contributed by atoms with Crippen molar-refractivity contribution in [1.82, 2.24) is 0 Å². The highest BCUT2D eigenvalue weighted by atomic mass is 35.5. The standard InChI is InChI=1S/C11H12ClFO2/c1-15-7-9(14)6-5-8-3-2-4-10(12)11(8)13/h2-4H,5-7H2,1H3. The van der Waals surface area contributed by atoms with E-state index in [9.17, 15) is 9.18 Å². The van der Waals surface area contributed by atoms with Crippen LogP contribution in [0.1, 0.15) is 12.0 Å². The third-order valence-electron chi connectivity index (χ3n) is 2.01. The highest BCUT2D eigenvalue weighted by Gasteiger charge is 2.08. The molecule has 1 aromatic rings. The highest BCUT2D eigenvalue weighted by Crippen LogP contribution is 2.18. The van der Waals surface area contributed by atoms with E-state index in [1.807, 2.05) is 0 Å². The number of hydrogen-bond donors (Lipinski definition) is 0. The maximum absolute atomic E-state index is 13.4. The fourth-order valence-corrected chi connectivity index (χ4v) is 1.44. The van der Waals surface area contributed by atoms with Gasteiger partial charge in [-0.1, -0.05) is 23.7 Å². The molecule has 4 heteroatoms. The zero-order valence-corrected chi connectivity index (χ0v) is 9.18. The van der Waals surface area contributed by atoms with E-state index in [1.165, 1.54) is 13.2 Å². The predicted molar refractivity (Wildman–Crippen MR) is 56.6 cm³/mol. The number of halogens is 2. The number of hydrogen-bond acceptors (Lipinski definition) is 2. The molecule has 0 radical (unpaired) electrons. The van der Waals surface area contributed by atoms with Crippen LogP contribution in [0, 0.1) is 5.82 Å². The first kappa shape index (κ1) is 12.1. The molecule has 0 spiro atoms. The van der Waals surface area contributed by atoms with E-state index < -0.39 is 5.82 Å². The molecule has 0 aromatic heterocycles. The molecular formula is C11H12ClFO2. The molecule has 0 aliphatic carbocycles. The molecule has 0 N–H and O–H groups in total. The van der Waals surface area contributed by atoms with Crippen molar-refractivity contribution in [2.75, 3.05) is 13.7 Å². The number of Topliss-reactive ketones (excluding diaryl/α,β-unsaturated/α-hetero) is 1. The largest absolute Gasteiger partial charge is 0.377 e. The third-order valence-corrected chi connectivity index (χ3v) is 2.30. The maximum atomic E-state index is 13.4. The second kappa shape index (κ2) is 5.83. The molecule has 1 rings (SSSR count). The summed E-state index contributed by atoms with van der Waals surface area (Å²) in [6, 6.07) is 4.78.